The van der Waals surface area contributed by atoms with Gasteiger partial charge in [-0.05, 0) is 49.6 Å². The lowest BCUT2D eigenvalue weighted by Crippen LogP contribution is -2.10. The minimum Gasteiger partial charge on any atom is -0.289 e. The van der Waals surface area contributed by atoms with Gasteiger partial charge in [-0.3, -0.25) is 4.79 Å². The fourth-order valence-corrected chi connectivity index (χ4v) is 2.24. The van der Waals surface area contributed by atoms with Crippen LogP contribution in [0, 0.1) is 20.8 Å². The van der Waals surface area contributed by atoms with Crippen molar-refractivity contribution in [2.24, 2.45) is 0 Å². The van der Waals surface area contributed by atoms with Gasteiger partial charge in [0.15, 0.2) is 5.78 Å². The van der Waals surface area contributed by atoms with Crippen LogP contribution in [0.3, 0.4) is 0 Å². The van der Waals surface area contributed by atoms with E-state index in [2.05, 4.69) is 0 Å². The molecule has 0 bridgehead atoms. The molecule has 0 amide bonds. The highest BCUT2D eigenvalue weighted by Crippen LogP contribution is 2.31. The van der Waals surface area contributed by atoms with Crippen LogP contribution in [0.15, 0.2) is 36.4 Å². The summed E-state index contributed by atoms with van der Waals surface area (Å²) < 4.78 is 38.0. The lowest BCUT2D eigenvalue weighted by Gasteiger charge is -2.12. The Kier molecular flexibility index (Phi) is 3.90. The molecule has 0 unspecified atom stereocenters. The predicted octanol–water partition coefficient (Wildman–Crippen LogP) is 4.86. The van der Waals surface area contributed by atoms with Crippen LogP contribution in [0.25, 0.3) is 0 Å². The molecular formula is C17H15F3O. The number of carbonyl (C=O) groups is 1. The highest BCUT2D eigenvalue weighted by atomic mass is 19.4. The van der Waals surface area contributed by atoms with Gasteiger partial charge in [0.1, 0.15) is 0 Å². The molecule has 0 radical (unpaired) electrons. The molecule has 110 valence electrons. The third-order valence-electron chi connectivity index (χ3n) is 3.65. The Labute approximate surface area is 121 Å². The van der Waals surface area contributed by atoms with E-state index in [9.17, 15) is 18.0 Å². The van der Waals surface area contributed by atoms with Gasteiger partial charge in [-0.2, -0.15) is 13.2 Å². The molecule has 0 atom stereocenters. The topological polar surface area (TPSA) is 17.1 Å². The molecule has 2 rings (SSSR count). The van der Waals surface area contributed by atoms with E-state index in [0.29, 0.717) is 16.7 Å². The molecule has 0 spiro atoms. The van der Waals surface area contributed by atoms with Crippen molar-refractivity contribution in [1.29, 1.82) is 0 Å². The van der Waals surface area contributed by atoms with E-state index in [-0.39, 0.29) is 5.78 Å². The van der Waals surface area contributed by atoms with Crippen molar-refractivity contribution < 1.29 is 18.0 Å². The summed E-state index contributed by atoms with van der Waals surface area (Å²) in [4.78, 5) is 12.5. The van der Waals surface area contributed by atoms with E-state index in [1.807, 2.05) is 19.9 Å². The molecule has 21 heavy (non-hydrogen) atoms. The van der Waals surface area contributed by atoms with Crippen LogP contribution >= 0.6 is 0 Å². The first-order valence-electron chi connectivity index (χ1n) is 6.50. The average molecular weight is 292 g/mol. The van der Waals surface area contributed by atoms with Gasteiger partial charge >= 0.3 is 6.18 Å². The SMILES string of the molecule is Cc1cc(C(F)(F)F)ccc1C(=O)c1cccc(C)c1C. The zero-order valence-corrected chi connectivity index (χ0v) is 12.0. The second-order valence-electron chi connectivity index (χ2n) is 5.10. The van der Waals surface area contributed by atoms with E-state index < -0.39 is 11.7 Å². The summed E-state index contributed by atoms with van der Waals surface area (Å²) in [5.41, 5.74) is 2.25. The third kappa shape index (κ3) is 2.99. The molecular weight excluding hydrogens is 277 g/mol. The summed E-state index contributed by atoms with van der Waals surface area (Å²) >= 11 is 0. The summed E-state index contributed by atoms with van der Waals surface area (Å²) in [5.74, 6) is -0.248. The Morgan fingerprint density at radius 1 is 0.905 bits per heavy atom. The van der Waals surface area contributed by atoms with Crippen LogP contribution in [-0.4, -0.2) is 5.78 Å². The first-order chi connectivity index (χ1) is 9.71. The quantitative estimate of drug-likeness (QED) is 0.722. The molecule has 4 heteroatoms. The fraction of sp³-hybridized carbons (Fsp3) is 0.235. The maximum atomic E-state index is 12.7. The van der Waals surface area contributed by atoms with Gasteiger partial charge in [0, 0.05) is 11.1 Å². The Bertz CT molecular complexity index is 700. The van der Waals surface area contributed by atoms with Crippen molar-refractivity contribution in [1.82, 2.24) is 0 Å². The molecule has 0 N–H and O–H groups in total. The molecule has 0 fully saturated rings. The maximum Gasteiger partial charge on any atom is 0.416 e. The van der Waals surface area contributed by atoms with Gasteiger partial charge in [0.2, 0.25) is 0 Å². The third-order valence-corrected chi connectivity index (χ3v) is 3.65. The molecule has 0 aromatic heterocycles. The van der Waals surface area contributed by atoms with E-state index in [1.165, 1.54) is 13.0 Å². The van der Waals surface area contributed by atoms with Crippen molar-refractivity contribution in [2.75, 3.05) is 0 Å². The average Bonchev–Trinajstić information content (AvgIpc) is 2.40. The number of ketones is 1. The summed E-state index contributed by atoms with van der Waals surface area (Å²) in [6.45, 7) is 5.25. The van der Waals surface area contributed by atoms with Gasteiger partial charge in [0.25, 0.3) is 0 Å². The standard InChI is InChI=1S/C17H15F3O/c1-10-5-4-6-15(12(10)3)16(21)14-8-7-13(9-11(14)2)17(18,19)20/h4-9H,1-3H3. The summed E-state index contributed by atoms with van der Waals surface area (Å²) in [5, 5.41) is 0. The Morgan fingerprint density at radius 3 is 2.14 bits per heavy atom. The molecule has 0 aliphatic carbocycles. The van der Waals surface area contributed by atoms with Crippen LogP contribution in [0.4, 0.5) is 13.2 Å². The molecule has 0 aliphatic rings. The number of aryl methyl sites for hydroxylation is 2. The summed E-state index contributed by atoms with van der Waals surface area (Å²) in [7, 11) is 0. The van der Waals surface area contributed by atoms with Crippen molar-refractivity contribution in [3.8, 4) is 0 Å². The zero-order chi connectivity index (χ0) is 15.8. The number of hydrogen-bond acceptors (Lipinski definition) is 1. The summed E-state index contributed by atoms with van der Waals surface area (Å²) in [6, 6.07) is 8.58. The van der Waals surface area contributed by atoms with E-state index in [1.54, 1.807) is 12.1 Å². The van der Waals surface area contributed by atoms with E-state index in [0.717, 1.165) is 23.3 Å². The predicted molar refractivity (Wildman–Crippen MR) is 75.5 cm³/mol. The monoisotopic (exact) mass is 292 g/mol. The first-order valence-corrected chi connectivity index (χ1v) is 6.50. The minimum atomic E-state index is -4.40. The minimum absolute atomic E-state index is 0.248. The van der Waals surface area contributed by atoms with Gasteiger partial charge in [-0.1, -0.05) is 24.3 Å². The Balaban J connectivity index is 2.48. The first kappa shape index (κ1) is 15.3. The smallest absolute Gasteiger partial charge is 0.289 e. The van der Waals surface area contributed by atoms with Crippen molar-refractivity contribution in [3.63, 3.8) is 0 Å². The van der Waals surface area contributed by atoms with Crippen LogP contribution in [0.1, 0.15) is 38.2 Å². The second-order valence-corrected chi connectivity index (χ2v) is 5.10. The largest absolute Gasteiger partial charge is 0.416 e. The van der Waals surface area contributed by atoms with Gasteiger partial charge in [0.05, 0.1) is 5.56 Å². The molecule has 0 heterocycles. The van der Waals surface area contributed by atoms with Gasteiger partial charge in [-0.25, -0.2) is 0 Å². The number of alkyl halides is 3. The van der Waals surface area contributed by atoms with Crippen LogP contribution < -0.4 is 0 Å². The number of carbonyl (C=O) groups excluding carboxylic acids is 1. The zero-order valence-electron chi connectivity index (χ0n) is 12.0. The fourth-order valence-electron chi connectivity index (χ4n) is 2.24. The maximum absolute atomic E-state index is 12.7. The van der Waals surface area contributed by atoms with E-state index in [4.69, 9.17) is 0 Å². The van der Waals surface area contributed by atoms with Gasteiger partial charge < -0.3 is 0 Å². The van der Waals surface area contributed by atoms with Crippen molar-refractivity contribution in [2.45, 2.75) is 26.9 Å². The molecule has 0 aliphatic heterocycles. The summed E-state index contributed by atoms with van der Waals surface area (Å²) in [6.07, 6.45) is -4.40. The molecule has 0 saturated carbocycles. The highest BCUT2D eigenvalue weighted by molar-refractivity contribution is 6.10. The number of halogens is 3. The number of hydrogen-bond donors (Lipinski definition) is 0. The molecule has 1 nitrogen and oxygen atoms in total. The molecule has 0 saturated heterocycles. The van der Waals surface area contributed by atoms with Crippen molar-refractivity contribution >= 4 is 5.78 Å². The van der Waals surface area contributed by atoms with Crippen LogP contribution in [-0.2, 0) is 6.18 Å². The number of rotatable bonds is 2. The second kappa shape index (κ2) is 5.35. The highest BCUT2D eigenvalue weighted by Gasteiger charge is 2.31. The Hall–Kier alpha value is -2.10. The molecule has 2 aromatic rings. The lowest BCUT2D eigenvalue weighted by molar-refractivity contribution is -0.137. The van der Waals surface area contributed by atoms with Gasteiger partial charge in [-0.15, -0.1) is 0 Å². The number of benzene rings is 2. The van der Waals surface area contributed by atoms with Crippen LogP contribution in [0.5, 0.6) is 0 Å². The normalized spacial score (nSPS) is 11.5. The Morgan fingerprint density at radius 2 is 1.57 bits per heavy atom. The van der Waals surface area contributed by atoms with E-state index >= 15 is 0 Å². The lowest BCUT2D eigenvalue weighted by atomic mass is 9.93. The van der Waals surface area contributed by atoms with Crippen molar-refractivity contribution in [3.05, 3.63) is 69.8 Å². The molecule has 2 aromatic carbocycles. The van der Waals surface area contributed by atoms with Crippen LogP contribution in [0.2, 0.25) is 0 Å².